The van der Waals surface area contributed by atoms with Crippen LogP contribution in [0.25, 0.3) is 22.4 Å². The van der Waals surface area contributed by atoms with Gasteiger partial charge in [-0.1, -0.05) is 12.1 Å². The van der Waals surface area contributed by atoms with Gasteiger partial charge in [0, 0.05) is 31.7 Å². The van der Waals surface area contributed by atoms with Crippen LogP contribution in [0.1, 0.15) is 23.0 Å². The van der Waals surface area contributed by atoms with Gasteiger partial charge in [-0.3, -0.25) is 4.79 Å². The molecule has 0 amide bonds. The molecule has 0 radical (unpaired) electrons. The Morgan fingerprint density at radius 2 is 1.91 bits per heavy atom. The fourth-order valence-electron chi connectivity index (χ4n) is 2.44. The first-order valence-electron chi connectivity index (χ1n) is 6.55. The highest BCUT2D eigenvalue weighted by atomic mass is 19.4. The summed E-state index contributed by atoms with van der Waals surface area (Å²) in [5.41, 5.74) is 1.24. The van der Waals surface area contributed by atoms with E-state index in [0.29, 0.717) is 28.1 Å². The number of hydrogen-bond donors (Lipinski definition) is 0. The zero-order valence-electron chi connectivity index (χ0n) is 11.9. The number of aromatic nitrogens is 1. The maximum absolute atomic E-state index is 12.8. The van der Waals surface area contributed by atoms with E-state index in [1.165, 1.54) is 13.0 Å². The lowest BCUT2D eigenvalue weighted by Gasteiger charge is -2.07. The zero-order valence-corrected chi connectivity index (χ0v) is 11.9. The second kappa shape index (κ2) is 4.76. The molecular formula is C16H12F3NO2. The van der Waals surface area contributed by atoms with Gasteiger partial charge in [0.25, 0.3) is 0 Å². The fraction of sp³-hybridized carbons (Fsp3) is 0.188. The molecule has 0 spiro atoms. The molecule has 2 aromatic heterocycles. The molecule has 0 N–H and O–H groups in total. The number of alkyl halides is 3. The second-order valence-corrected chi connectivity index (χ2v) is 5.08. The smallest absolute Gasteiger partial charge is 0.416 e. The fourth-order valence-corrected chi connectivity index (χ4v) is 2.44. The average molecular weight is 307 g/mol. The van der Waals surface area contributed by atoms with Crippen LogP contribution in [0.3, 0.4) is 0 Å². The number of furan rings is 1. The molecule has 3 rings (SSSR count). The van der Waals surface area contributed by atoms with Gasteiger partial charge in [0.15, 0.2) is 11.4 Å². The summed E-state index contributed by atoms with van der Waals surface area (Å²) in [6.07, 6.45) is -4.40. The molecular weight excluding hydrogens is 295 g/mol. The average Bonchev–Trinajstić information content (AvgIpc) is 2.98. The van der Waals surface area contributed by atoms with Crippen molar-refractivity contribution in [1.29, 1.82) is 0 Å². The molecule has 0 aliphatic rings. The number of benzene rings is 1. The molecule has 0 saturated carbocycles. The van der Waals surface area contributed by atoms with Crippen LogP contribution < -0.4 is 0 Å². The van der Waals surface area contributed by atoms with E-state index < -0.39 is 11.7 Å². The van der Waals surface area contributed by atoms with Crippen LogP contribution >= 0.6 is 0 Å². The monoisotopic (exact) mass is 307 g/mol. The van der Waals surface area contributed by atoms with Gasteiger partial charge in [0.2, 0.25) is 0 Å². The number of rotatable bonds is 2. The first-order chi connectivity index (χ1) is 10.3. The SMILES string of the molecule is CC(=O)c1cc2oc(-c3cccc(C(F)(F)F)c3)cc2n1C. The van der Waals surface area contributed by atoms with E-state index in [-0.39, 0.29) is 5.78 Å². The van der Waals surface area contributed by atoms with Crippen molar-refractivity contribution in [2.75, 3.05) is 0 Å². The van der Waals surface area contributed by atoms with Crippen molar-refractivity contribution in [3.8, 4) is 11.3 Å². The Kier molecular flexibility index (Phi) is 3.12. The van der Waals surface area contributed by atoms with Crippen LogP contribution in [0.4, 0.5) is 13.2 Å². The van der Waals surface area contributed by atoms with Crippen molar-refractivity contribution in [2.24, 2.45) is 7.05 Å². The highest BCUT2D eigenvalue weighted by molar-refractivity contribution is 5.98. The number of carbonyl (C=O) groups is 1. The molecule has 1 aromatic carbocycles. The Bertz CT molecular complexity index is 871. The molecule has 3 nitrogen and oxygen atoms in total. The van der Waals surface area contributed by atoms with Gasteiger partial charge in [-0.2, -0.15) is 13.2 Å². The lowest BCUT2D eigenvalue weighted by Crippen LogP contribution is -2.04. The minimum Gasteiger partial charge on any atom is -0.454 e. The maximum Gasteiger partial charge on any atom is 0.416 e. The van der Waals surface area contributed by atoms with Crippen LogP contribution in [-0.4, -0.2) is 10.4 Å². The third-order valence-electron chi connectivity index (χ3n) is 3.57. The third kappa shape index (κ3) is 2.30. The quantitative estimate of drug-likeness (QED) is 0.645. The van der Waals surface area contributed by atoms with Gasteiger partial charge < -0.3 is 8.98 Å². The topological polar surface area (TPSA) is 35.1 Å². The molecule has 2 heterocycles. The first kappa shape index (κ1) is 14.4. The van der Waals surface area contributed by atoms with Crippen LogP contribution in [0.15, 0.2) is 40.8 Å². The minimum absolute atomic E-state index is 0.102. The van der Waals surface area contributed by atoms with Gasteiger partial charge in [0.05, 0.1) is 16.8 Å². The maximum atomic E-state index is 12.8. The van der Waals surface area contributed by atoms with E-state index in [1.54, 1.807) is 29.8 Å². The lowest BCUT2D eigenvalue weighted by molar-refractivity contribution is -0.137. The Morgan fingerprint density at radius 1 is 1.18 bits per heavy atom. The number of aryl methyl sites for hydroxylation is 1. The molecule has 0 saturated heterocycles. The van der Waals surface area contributed by atoms with Crippen LogP contribution in [0, 0.1) is 0 Å². The van der Waals surface area contributed by atoms with E-state index in [0.717, 1.165) is 12.1 Å². The third-order valence-corrected chi connectivity index (χ3v) is 3.57. The van der Waals surface area contributed by atoms with Gasteiger partial charge in [-0.25, -0.2) is 0 Å². The van der Waals surface area contributed by atoms with Crippen LogP contribution in [-0.2, 0) is 13.2 Å². The van der Waals surface area contributed by atoms with Crippen molar-refractivity contribution < 1.29 is 22.4 Å². The predicted octanol–water partition coefficient (Wildman–Crippen LogP) is 4.66. The van der Waals surface area contributed by atoms with E-state index >= 15 is 0 Å². The number of hydrogen-bond acceptors (Lipinski definition) is 2. The molecule has 114 valence electrons. The highest BCUT2D eigenvalue weighted by Crippen LogP contribution is 2.34. The standard InChI is InChI=1S/C16H12F3NO2/c1-9(21)12-7-15-13(20(12)2)8-14(22-15)10-4-3-5-11(6-10)16(17,18)19/h3-8H,1-2H3. The van der Waals surface area contributed by atoms with Crippen molar-refractivity contribution in [3.05, 3.63) is 47.7 Å². The first-order valence-corrected chi connectivity index (χ1v) is 6.55. The van der Waals surface area contributed by atoms with E-state index in [9.17, 15) is 18.0 Å². The van der Waals surface area contributed by atoms with E-state index in [2.05, 4.69) is 0 Å². The predicted molar refractivity (Wildman–Crippen MR) is 75.6 cm³/mol. The zero-order chi connectivity index (χ0) is 16.1. The Balaban J connectivity index is 2.10. The summed E-state index contributed by atoms with van der Waals surface area (Å²) in [7, 11) is 1.71. The summed E-state index contributed by atoms with van der Waals surface area (Å²) in [6.45, 7) is 1.45. The number of nitrogens with zero attached hydrogens (tertiary/aromatic N) is 1. The second-order valence-electron chi connectivity index (χ2n) is 5.08. The van der Waals surface area contributed by atoms with Gasteiger partial charge >= 0.3 is 6.18 Å². The number of fused-ring (bicyclic) bond motifs is 1. The lowest BCUT2D eigenvalue weighted by atomic mass is 10.1. The van der Waals surface area contributed by atoms with Crippen molar-refractivity contribution >= 4 is 16.9 Å². The molecule has 22 heavy (non-hydrogen) atoms. The molecule has 0 bridgehead atoms. The summed E-state index contributed by atoms with van der Waals surface area (Å²) < 4.78 is 45.5. The van der Waals surface area contributed by atoms with Crippen LogP contribution in [0.5, 0.6) is 0 Å². The van der Waals surface area contributed by atoms with E-state index in [4.69, 9.17) is 4.42 Å². The van der Waals surface area contributed by atoms with Gasteiger partial charge in [-0.05, 0) is 12.1 Å². The van der Waals surface area contributed by atoms with Crippen LogP contribution in [0.2, 0.25) is 0 Å². The largest absolute Gasteiger partial charge is 0.454 e. The Morgan fingerprint density at radius 3 is 2.50 bits per heavy atom. The summed E-state index contributed by atoms with van der Waals surface area (Å²) in [5, 5.41) is 0. The summed E-state index contributed by atoms with van der Waals surface area (Å²) in [5.74, 6) is 0.233. The van der Waals surface area contributed by atoms with Crippen molar-refractivity contribution in [1.82, 2.24) is 4.57 Å². The molecule has 6 heteroatoms. The van der Waals surface area contributed by atoms with Gasteiger partial charge in [0.1, 0.15) is 5.76 Å². The Hall–Kier alpha value is -2.50. The van der Waals surface area contributed by atoms with Gasteiger partial charge in [-0.15, -0.1) is 0 Å². The number of ketones is 1. The Labute approximate surface area is 124 Å². The number of halogens is 3. The molecule has 3 aromatic rings. The van der Waals surface area contributed by atoms with Crippen molar-refractivity contribution in [3.63, 3.8) is 0 Å². The summed E-state index contributed by atoms with van der Waals surface area (Å²) in [4.78, 5) is 11.5. The molecule has 0 atom stereocenters. The number of carbonyl (C=O) groups excluding carboxylic acids is 1. The van der Waals surface area contributed by atoms with E-state index in [1.807, 2.05) is 0 Å². The van der Waals surface area contributed by atoms with Crippen molar-refractivity contribution in [2.45, 2.75) is 13.1 Å². The molecule has 0 fully saturated rings. The summed E-state index contributed by atoms with van der Waals surface area (Å²) >= 11 is 0. The normalized spacial score (nSPS) is 12.0. The molecule has 0 unspecified atom stereocenters. The minimum atomic E-state index is -4.40. The molecule has 0 aliphatic carbocycles. The number of Topliss-reactive ketones (excluding diaryl/α,β-unsaturated/α-hetero) is 1. The summed E-state index contributed by atoms with van der Waals surface area (Å²) in [6, 6.07) is 8.18. The highest BCUT2D eigenvalue weighted by Gasteiger charge is 2.30. The molecule has 0 aliphatic heterocycles.